The molecule has 0 unspecified atom stereocenters. The van der Waals surface area contributed by atoms with E-state index in [1.54, 1.807) is 12.1 Å². The Labute approximate surface area is 131 Å². The van der Waals surface area contributed by atoms with Crippen molar-refractivity contribution in [2.24, 2.45) is 0 Å². The van der Waals surface area contributed by atoms with Gasteiger partial charge in [0.25, 0.3) is 0 Å². The first kappa shape index (κ1) is 16.8. The predicted octanol–water partition coefficient (Wildman–Crippen LogP) is 5.31. The van der Waals surface area contributed by atoms with Crippen LogP contribution in [0.2, 0.25) is 37.8 Å². The molecule has 1 aromatic carbocycles. The molecule has 0 aliphatic carbocycles. The van der Waals surface area contributed by atoms with Crippen molar-refractivity contribution in [1.29, 1.82) is 0 Å². The number of benzene rings is 1. The van der Waals surface area contributed by atoms with E-state index >= 15 is 0 Å². The second-order valence-corrected chi connectivity index (χ2v) is 16.1. The van der Waals surface area contributed by atoms with Crippen LogP contribution in [0.4, 0.5) is 0 Å². The SMILES string of the molecule is C[Si](C)(CCCc1ccc(O)cc1)O[Si]1(C)CCCCC1. The van der Waals surface area contributed by atoms with Gasteiger partial charge in [-0.1, -0.05) is 31.4 Å². The molecule has 0 saturated carbocycles. The Balaban J connectivity index is 1.79. The van der Waals surface area contributed by atoms with Crippen molar-refractivity contribution in [2.45, 2.75) is 69.9 Å². The van der Waals surface area contributed by atoms with Crippen LogP contribution in [-0.4, -0.2) is 21.7 Å². The zero-order valence-corrected chi connectivity index (χ0v) is 15.8. The fourth-order valence-corrected chi connectivity index (χ4v) is 13.3. The highest BCUT2D eigenvalue weighted by Gasteiger charge is 2.37. The smallest absolute Gasteiger partial charge is 0.176 e. The summed E-state index contributed by atoms with van der Waals surface area (Å²) in [6.07, 6.45) is 6.49. The highest BCUT2D eigenvalue weighted by Crippen LogP contribution is 2.33. The maximum Gasteiger partial charge on any atom is 0.176 e. The highest BCUT2D eigenvalue weighted by molar-refractivity contribution is 6.85. The second kappa shape index (κ2) is 7.12. The molecular formula is C17H30O2Si2. The number of aromatic hydroxyl groups is 1. The molecule has 0 amide bonds. The van der Waals surface area contributed by atoms with Crippen molar-refractivity contribution in [3.05, 3.63) is 29.8 Å². The topological polar surface area (TPSA) is 29.5 Å². The Morgan fingerprint density at radius 3 is 2.33 bits per heavy atom. The lowest BCUT2D eigenvalue weighted by molar-refractivity contribution is 0.475. The first-order chi connectivity index (χ1) is 9.89. The van der Waals surface area contributed by atoms with E-state index in [4.69, 9.17) is 4.12 Å². The molecule has 2 nitrogen and oxygen atoms in total. The van der Waals surface area contributed by atoms with Crippen LogP contribution in [0.15, 0.2) is 24.3 Å². The number of rotatable bonds is 6. The number of phenolic OH excluding ortho intramolecular Hbond substituents is 1. The van der Waals surface area contributed by atoms with E-state index in [9.17, 15) is 5.11 Å². The molecular weight excluding hydrogens is 292 g/mol. The second-order valence-electron chi connectivity index (χ2n) is 7.39. The maximum absolute atomic E-state index is 9.31. The third kappa shape index (κ3) is 5.60. The normalized spacial score (nSPS) is 18.6. The number of hydrogen-bond donors (Lipinski definition) is 1. The van der Waals surface area contributed by atoms with Crippen LogP contribution in [0.5, 0.6) is 5.75 Å². The molecule has 2 rings (SSSR count). The molecule has 1 aliphatic heterocycles. The zero-order chi connectivity index (χ0) is 15.3. The van der Waals surface area contributed by atoms with Gasteiger partial charge < -0.3 is 9.22 Å². The van der Waals surface area contributed by atoms with Gasteiger partial charge in [0.1, 0.15) is 5.75 Å². The third-order valence-corrected chi connectivity index (χ3v) is 13.2. The summed E-state index contributed by atoms with van der Waals surface area (Å²) >= 11 is 0. The van der Waals surface area contributed by atoms with Crippen molar-refractivity contribution in [3.8, 4) is 5.75 Å². The van der Waals surface area contributed by atoms with Crippen LogP contribution in [0.25, 0.3) is 0 Å². The van der Waals surface area contributed by atoms with Crippen molar-refractivity contribution < 1.29 is 9.22 Å². The molecule has 1 fully saturated rings. The Hall–Kier alpha value is -0.586. The lowest BCUT2D eigenvalue weighted by atomic mass is 10.1. The van der Waals surface area contributed by atoms with Gasteiger partial charge in [-0.05, 0) is 68.3 Å². The molecule has 0 bridgehead atoms. The van der Waals surface area contributed by atoms with Crippen LogP contribution in [-0.2, 0) is 10.5 Å². The van der Waals surface area contributed by atoms with E-state index < -0.39 is 16.6 Å². The van der Waals surface area contributed by atoms with E-state index in [2.05, 4.69) is 19.6 Å². The van der Waals surface area contributed by atoms with E-state index in [1.165, 1.54) is 49.4 Å². The van der Waals surface area contributed by atoms with Gasteiger partial charge in [0.2, 0.25) is 0 Å². The number of phenols is 1. The van der Waals surface area contributed by atoms with Crippen LogP contribution in [0.1, 0.15) is 31.2 Å². The van der Waals surface area contributed by atoms with Gasteiger partial charge >= 0.3 is 0 Å². The lowest BCUT2D eigenvalue weighted by Crippen LogP contribution is -2.47. The molecule has 0 radical (unpaired) electrons. The summed E-state index contributed by atoms with van der Waals surface area (Å²) in [6, 6.07) is 11.6. The van der Waals surface area contributed by atoms with Crippen LogP contribution in [0.3, 0.4) is 0 Å². The van der Waals surface area contributed by atoms with E-state index in [1.807, 2.05) is 12.1 Å². The summed E-state index contributed by atoms with van der Waals surface area (Å²) in [5, 5.41) is 9.31. The molecule has 0 atom stereocenters. The van der Waals surface area contributed by atoms with Gasteiger partial charge in [0, 0.05) is 0 Å². The minimum atomic E-state index is -1.52. The zero-order valence-electron chi connectivity index (χ0n) is 13.8. The first-order valence-corrected chi connectivity index (χ1v) is 14.3. The summed E-state index contributed by atoms with van der Waals surface area (Å²) < 4.78 is 6.76. The number of aryl methyl sites for hydroxylation is 1. The van der Waals surface area contributed by atoms with Gasteiger partial charge in [0.15, 0.2) is 16.6 Å². The molecule has 1 aliphatic rings. The van der Waals surface area contributed by atoms with E-state index in [0.29, 0.717) is 5.75 Å². The maximum atomic E-state index is 9.31. The molecule has 4 heteroatoms. The first-order valence-electron chi connectivity index (χ1n) is 8.37. The minimum absolute atomic E-state index is 0.355. The van der Waals surface area contributed by atoms with Crippen molar-refractivity contribution >= 4 is 16.6 Å². The fourth-order valence-electron chi connectivity index (χ4n) is 3.50. The van der Waals surface area contributed by atoms with Crippen LogP contribution in [0, 0.1) is 0 Å². The van der Waals surface area contributed by atoms with Crippen LogP contribution >= 0.6 is 0 Å². The van der Waals surface area contributed by atoms with Crippen molar-refractivity contribution in [2.75, 3.05) is 0 Å². The largest absolute Gasteiger partial charge is 0.508 e. The molecule has 0 spiro atoms. The predicted molar refractivity (Wildman–Crippen MR) is 94.9 cm³/mol. The average molecular weight is 323 g/mol. The molecule has 118 valence electrons. The fraction of sp³-hybridized carbons (Fsp3) is 0.647. The Morgan fingerprint density at radius 2 is 1.71 bits per heavy atom. The number of hydrogen-bond acceptors (Lipinski definition) is 2. The molecule has 1 heterocycles. The third-order valence-electron chi connectivity index (χ3n) is 4.61. The Morgan fingerprint density at radius 1 is 1.10 bits per heavy atom. The van der Waals surface area contributed by atoms with Crippen molar-refractivity contribution in [1.82, 2.24) is 0 Å². The lowest BCUT2D eigenvalue weighted by Gasteiger charge is -2.39. The molecule has 1 N–H and O–H groups in total. The van der Waals surface area contributed by atoms with E-state index in [-0.39, 0.29) is 0 Å². The Bertz CT molecular complexity index is 437. The summed E-state index contributed by atoms with van der Waals surface area (Å²) in [4.78, 5) is 0. The summed E-state index contributed by atoms with van der Waals surface area (Å²) in [7, 11) is -2.90. The van der Waals surface area contributed by atoms with Gasteiger partial charge in [-0.25, -0.2) is 0 Å². The molecule has 1 aromatic rings. The average Bonchev–Trinajstić information content (AvgIpc) is 2.40. The van der Waals surface area contributed by atoms with Gasteiger partial charge in [0.05, 0.1) is 0 Å². The summed E-state index contributed by atoms with van der Waals surface area (Å²) in [5.41, 5.74) is 1.32. The molecule has 21 heavy (non-hydrogen) atoms. The molecule has 1 saturated heterocycles. The van der Waals surface area contributed by atoms with Crippen molar-refractivity contribution in [3.63, 3.8) is 0 Å². The van der Waals surface area contributed by atoms with E-state index in [0.717, 1.165) is 6.42 Å². The van der Waals surface area contributed by atoms with Gasteiger partial charge in [-0.2, -0.15) is 0 Å². The Kier molecular flexibility index (Phi) is 5.69. The molecule has 0 aromatic heterocycles. The van der Waals surface area contributed by atoms with Gasteiger partial charge in [-0.3, -0.25) is 0 Å². The standard InChI is InChI=1S/C17H30O2Si2/c1-20(2,19-21(3)14-5-4-6-15-21)13-7-8-16-9-11-17(18)12-10-16/h9-12,18H,4-8,13-15H2,1-3H3. The van der Waals surface area contributed by atoms with Crippen LogP contribution < -0.4 is 0 Å². The highest BCUT2D eigenvalue weighted by atomic mass is 28.4. The minimum Gasteiger partial charge on any atom is -0.508 e. The van der Waals surface area contributed by atoms with Gasteiger partial charge in [-0.15, -0.1) is 0 Å². The monoisotopic (exact) mass is 322 g/mol. The summed E-state index contributed by atoms with van der Waals surface area (Å²) in [6.45, 7) is 7.26. The summed E-state index contributed by atoms with van der Waals surface area (Å²) in [5.74, 6) is 0.355. The quantitative estimate of drug-likeness (QED) is 0.720.